The molecule has 0 bridgehead atoms. The third-order valence-corrected chi connectivity index (χ3v) is 3.23. The van der Waals surface area contributed by atoms with Gasteiger partial charge in [-0.15, -0.1) is 0 Å². The largest absolute Gasteiger partial charge is 0.480 e. The van der Waals surface area contributed by atoms with Gasteiger partial charge in [0.2, 0.25) is 0 Å². The monoisotopic (exact) mass is 380 g/mol. The van der Waals surface area contributed by atoms with E-state index in [9.17, 15) is 4.79 Å². The van der Waals surface area contributed by atoms with Crippen LogP contribution in [0.2, 0.25) is 0 Å². The summed E-state index contributed by atoms with van der Waals surface area (Å²) in [5.74, 6) is -0.982. The fraction of sp³-hybridized carbons (Fsp3) is 0.944. The van der Waals surface area contributed by atoms with Crippen LogP contribution in [0.5, 0.6) is 0 Å². The summed E-state index contributed by atoms with van der Waals surface area (Å²) in [7, 11) is 0. The van der Waals surface area contributed by atoms with Gasteiger partial charge in [0.1, 0.15) is 6.61 Å². The van der Waals surface area contributed by atoms with Gasteiger partial charge in [0, 0.05) is 6.61 Å². The third kappa shape index (κ3) is 23.2. The van der Waals surface area contributed by atoms with Crippen LogP contribution in [-0.4, -0.2) is 90.4 Å². The van der Waals surface area contributed by atoms with Crippen molar-refractivity contribution in [1.29, 1.82) is 0 Å². The van der Waals surface area contributed by atoms with E-state index in [4.69, 9.17) is 33.5 Å². The molecule has 0 aromatic carbocycles. The maximum absolute atomic E-state index is 10.2. The van der Waals surface area contributed by atoms with Gasteiger partial charge in [0.25, 0.3) is 0 Å². The van der Waals surface area contributed by atoms with Crippen molar-refractivity contribution in [1.82, 2.24) is 0 Å². The van der Waals surface area contributed by atoms with Crippen molar-refractivity contribution < 1.29 is 38.3 Å². The molecule has 156 valence electrons. The molecule has 0 atom stereocenters. The Labute approximate surface area is 157 Å². The van der Waals surface area contributed by atoms with Gasteiger partial charge < -0.3 is 33.5 Å². The molecule has 0 rings (SSSR count). The molecule has 0 heterocycles. The number of carboxylic acid groups (broad SMARTS) is 1. The summed E-state index contributed by atoms with van der Waals surface area (Å²) in [6.45, 7) is 7.58. The van der Waals surface area contributed by atoms with Gasteiger partial charge in [-0.2, -0.15) is 0 Å². The van der Waals surface area contributed by atoms with Crippen LogP contribution in [0.25, 0.3) is 0 Å². The van der Waals surface area contributed by atoms with Gasteiger partial charge in [0.05, 0.1) is 66.1 Å². The van der Waals surface area contributed by atoms with Gasteiger partial charge in [-0.1, -0.05) is 26.2 Å². The highest BCUT2D eigenvalue weighted by atomic mass is 16.6. The molecule has 1 N–H and O–H groups in total. The Hall–Kier alpha value is -0.770. The van der Waals surface area contributed by atoms with E-state index in [0.29, 0.717) is 59.5 Å². The van der Waals surface area contributed by atoms with E-state index >= 15 is 0 Å². The van der Waals surface area contributed by atoms with E-state index in [-0.39, 0.29) is 13.2 Å². The average Bonchev–Trinajstić information content (AvgIpc) is 2.62. The SMILES string of the molecule is CCCCCCOCCOCCOCCOCCOCCOCC(=O)O. The maximum Gasteiger partial charge on any atom is 0.329 e. The molecule has 0 aliphatic carbocycles. The van der Waals surface area contributed by atoms with E-state index in [1.165, 1.54) is 19.3 Å². The van der Waals surface area contributed by atoms with E-state index in [2.05, 4.69) is 6.92 Å². The Kier molecular flexibility index (Phi) is 21.6. The number of rotatable bonds is 22. The minimum Gasteiger partial charge on any atom is -0.480 e. The summed E-state index contributed by atoms with van der Waals surface area (Å²) in [4.78, 5) is 10.2. The van der Waals surface area contributed by atoms with Gasteiger partial charge in [-0.05, 0) is 6.42 Å². The first-order chi connectivity index (χ1) is 12.8. The molecular weight excluding hydrogens is 344 g/mol. The van der Waals surface area contributed by atoms with Crippen LogP contribution < -0.4 is 0 Å². The molecule has 0 unspecified atom stereocenters. The molecule has 0 aliphatic rings. The normalized spacial score (nSPS) is 11.1. The Morgan fingerprint density at radius 2 is 0.962 bits per heavy atom. The summed E-state index contributed by atoms with van der Waals surface area (Å²) >= 11 is 0. The lowest BCUT2D eigenvalue weighted by Gasteiger charge is -2.08. The molecule has 0 aliphatic heterocycles. The highest BCUT2D eigenvalue weighted by Gasteiger charge is 1.96. The quantitative estimate of drug-likeness (QED) is 0.284. The zero-order valence-corrected chi connectivity index (χ0v) is 16.1. The first-order valence-electron chi connectivity index (χ1n) is 9.45. The van der Waals surface area contributed by atoms with Crippen molar-refractivity contribution in [2.75, 3.05) is 79.3 Å². The Bertz CT molecular complexity index is 288. The van der Waals surface area contributed by atoms with Crippen LogP contribution in [0.1, 0.15) is 32.6 Å². The Balaban J connectivity index is 2.98. The lowest BCUT2D eigenvalue weighted by molar-refractivity contribution is -0.142. The zero-order chi connectivity index (χ0) is 19.1. The molecule has 0 aromatic heterocycles. The molecule has 0 spiro atoms. The minimum absolute atomic E-state index is 0.263. The van der Waals surface area contributed by atoms with Crippen LogP contribution in [0.4, 0.5) is 0 Å². The highest BCUT2D eigenvalue weighted by Crippen LogP contribution is 1.98. The Morgan fingerprint density at radius 1 is 0.577 bits per heavy atom. The van der Waals surface area contributed by atoms with Crippen LogP contribution in [0, 0.1) is 0 Å². The predicted molar refractivity (Wildman–Crippen MR) is 96.7 cm³/mol. The first kappa shape index (κ1) is 25.2. The van der Waals surface area contributed by atoms with E-state index < -0.39 is 5.97 Å². The van der Waals surface area contributed by atoms with Crippen molar-refractivity contribution >= 4 is 5.97 Å². The lowest BCUT2D eigenvalue weighted by Crippen LogP contribution is -2.15. The highest BCUT2D eigenvalue weighted by molar-refractivity contribution is 5.67. The first-order valence-corrected chi connectivity index (χ1v) is 9.45. The second-order valence-corrected chi connectivity index (χ2v) is 5.57. The number of hydrogen-bond donors (Lipinski definition) is 1. The number of carboxylic acids is 1. The molecular formula is C18H36O8. The van der Waals surface area contributed by atoms with Gasteiger partial charge in [-0.3, -0.25) is 0 Å². The predicted octanol–water partition coefficient (Wildman–Crippen LogP) is 1.75. The topological polar surface area (TPSA) is 92.7 Å². The van der Waals surface area contributed by atoms with Crippen molar-refractivity contribution in [2.45, 2.75) is 32.6 Å². The summed E-state index contributed by atoms with van der Waals surface area (Å²) in [6.07, 6.45) is 4.88. The average molecular weight is 380 g/mol. The molecule has 0 saturated carbocycles. The van der Waals surface area contributed by atoms with Crippen molar-refractivity contribution in [3.8, 4) is 0 Å². The number of unbranched alkanes of at least 4 members (excludes halogenated alkanes) is 3. The summed E-state index contributed by atoms with van der Waals surface area (Å²) in [5.41, 5.74) is 0. The molecule has 26 heavy (non-hydrogen) atoms. The Morgan fingerprint density at radius 3 is 1.35 bits per heavy atom. The number of hydrogen-bond acceptors (Lipinski definition) is 7. The molecule has 0 aromatic rings. The van der Waals surface area contributed by atoms with Crippen LogP contribution in [0.3, 0.4) is 0 Å². The van der Waals surface area contributed by atoms with Crippen LogP contribution in [-0.2, 0) is 33.2 Å². The molecule has 8 nitrogen and oxygen atoms in total. The summed E-state index contributed by atoms with van der Waals surface area (Å²) in [6, 6.07) is 0. The fourth-order valence-corrected chi connectivity index (χ4v) is 1.89. The molecule has 0 amide bonds. The van der Waals surface area contributed by atoms with Crippen molar-refractivity contribution in [3.63, 3.8) is 0 Å². The van der Waals surface area contributed by atoms with Gasteiger partial charge >= 0.3 is 5.97 Å². The van der Waals surface area contributed by atoms with Crippen LogP contribution in [0.15, 0.2) is 0 Å². The van der Waals surface area contributed by atoms with Gasteiger partial charge in [0.15, 0.2) is 0 Å². The zero-order valence-electron chi connectivity index (χ0n) is 16.1. The number of carbonyl (C=O) groups is 1. The number of aliphatic carboxylic acids is 1. The van der Waals surface area contributed by atoms with E-state index in [1.807, 2.05) is 0 Å². The second-order valence-electron chi connectivity index (χ2n) is 5.57. The maximum atomic E-state index is 10.2. The fourth-order valence-electron chi connectivity index (χ4n) is 1.89. The molecule has 0 radical (unpaired) electrons. The van der Waals surface area contributed by atoms with Crippen molar-refractivity contribution in [2.24, 2.45) is 0 Å². The number of ether oxygens (including phenoxy) is 6. The molecule has 0 saturated heterocycles. The molecule has 8 heteroatoms. The third-order valence-electron chi connectivity index (χ3n) is 3.23. The minimum atomic E-state index is -0.982. The van der Waals surface area contributed by atoms with Crippen molar-refractivity contribution in [3.05, 3.63) is 0 Å². The summed E-state index contributed by atoms with van der Waals surface area (Å²) in [5, 5.41) is 8.36. The van der Waals surface area contributed by atoms with E-state index in [1.54, 1.807) is 0 Å². The van der Waals surface area contributed by atoms with E-state index in [0.717, 1.165) is 13.0 Å². The molecule has 0 fully saturated rings. The standard InChI is InChI=1S/C18H36O8/c1-2-3-4-5-6-21-7-8-22-9-10-23-11-12-24-13-14-25-15-16-26-17-18(19)20/h2-17H2,1H3,(H,19,20). The second kappa shape index (κ2) is 22.3. The van der Waals surface area contributed by atoms with Gasteiger partial charge in [-0.25, -0.2) is 4.79 Å². The smallest absolute Gasteiger partial charge is 0.329 e. The van der Waals surface area contributed by atoms with Crippen LogP contribution >= 0.6 is 0 Å². The summed E-state index contributed by atoms with van der Waals surface area (Å²) < 4.78 is 31.6. The lowest BCUT2D eigenvalue weighted by atomic mass is 10.2.